The van der Waals surface area contributed by atoms with Gasteiger partial charge in [-0.05, 0) is 35.4 Å². The molecule has 1 aliphatic heterocycles. The lowest BCUT2D eigenvalue weighted by Gasteiger charge is -2.25. The number of rotatable bonds is 8. The molecule has 222 valence electrons. The summed E-state index contributed by atoms with van der Waals surface area (Å²) < 4.78 is 72.5. The standard InChI is InChI=1S/C30H25F4N5O4/c1-41-26-5-3-16(7-27(26)42-2)11-36-29-24-12-35-15-39(24)23-9-19(20(31)10-21(23)38-29)25(40)8-17-13-43-14-22-18(17)4-6-28(37-22)30(32,33)34/h3-7,9-10,12,15,17H,8,11,13-14H2,1-2H3,(H,36,38). The summed E-state index contributed by atoms with van der Waals surface area (Å²) in [5.74, 6) is -0.229. The molecule has 9 nitrogen and oxygen atoms in total. The quantitative estimate of drug-likeness (QED) is 0.174. The van der Waals surface area contributed by atoms with E-state index in [-0.39, 0.29) is 30.9 Å². The van der Waals surface area contributed by atoms with Gasteiger partial charge in [0.05, 0.1) is 62.2 Å². The largest absolute Gasteiger partial charge is 0.493 e. The molecule has 0 spiro atoms. The fourth-order valence-electron chi connectivity index (χ4n) is 5.24. The van der Waals surface area contributed by atoms with E-state index in [1.807, 2.05) is 12.1 Å². The van der Waals surface area contributed by atoms with Crippen LogP contribution in [-0.2, 0) is 24.1 Å². The second-order valence-electron chi connectivity index (χ2n) is 10.0. The van der Waals surface area contributed by atoms with Crippen molar-refractivity contribution in [3.63, 3.8) is 0 Å². The minimum atomic E-state index is -4.60. The van der Waals surface area contributed by atoms with Crippen molar-refractivity contribution in [2.75, 3.05) is 26.1 Å². The van der Waals surface area contributed by atoms with Gasteiger partial charge in [-0.25, -0.2) is 19.3 Å². The number of fused-ring (bicyclic) bond motifs is 4. The van der Waals surface area contributed by atoms with E-state index >= 15 is 4.39 Å². The molecule has 2 aromatic carbocycles. The van der Waals surface area contributed by atoms with Gasteiger partial charge in [0.2, 0.25) is 0 Å². The Hall–Kier alpha value is -4.78. The van der Waals surface area contributed by atoms with Gasteiger partial charge in [0.1, 0.15) is 17.0 Å². The van der Waals surface area contributed by atoms with Crippen molar-refractivity contribution in [2.24, 2.45) is 0 Å². The average Bonchev–Trinajstić information content (AvgIpc) is 3.49. The van der Waals surface area contributed by atoms with E-state index in [1.54, 1.807) is 37.2 Å². The number of carbonyl (C=O) groups excluding carboxylic acids is 1. The number of aromatic nitrogens is 4. The number of alkyl halides is 3. The minimum absolute atomic E-state index is 0.0963. The number of ketones is 1. The zero-order chi connectivity index (χ0) is 30.3. The molecule has 0 radical (unpaired) electrons. The zero-order valence-corrected chi connectivity index (χ0v) is 23.0. The second-order valence-corrected chi connectivity index (χ2v) is 10.0. The monoisotopic (exact) mass is 595 g/mol. The van der Waals surface area contributed by atoms with Crippen molar-refractivity contribution < 1.29 is 36.6 Å². The number of hydrogen-bond donors (Lipinski definition) is 1. The number of imidazole rings is 1. The number of hydrogen-bond acceptors (Lipinski definition) is 8. The highest BCUT2D eigenvalue weighted by atomic mass is 19.4. The van der Waals surface area contributed by atoms with E-state index in [9.17, 15) is 18.0 Å². The molecule has 4 heterocycles. The van der Waals surface area contributed by atoms with Crippen LogP contribution in [0.5, 0.6) is 11.5 Å². The van der Waals surface area contributed by atoms with Crippen LogP contribution >= 0.6 is 0 Å². The normalized spacial score (nSPS) is 15.0. The zero-order valence-electron chi connectivity index (χ0n) is 23.0. The molecule has 1 unspecified atom stereocenters. The summed E-state index contributed by atoms with van der Waals surface area (Å²) in [7, 11) is 3.11. The first-order chi connectivity index (χ1) is 20.7. The predicted molar refractivity (Wildman–Crippen MR) is 148 cm³/mol. The summed E-state index contributed by atoms with van der Waals surface area (Å²) in [6, 6.07) is 10.3. The summed E-state index contributed by atoms with van der Waals surface area (Å²) in [5, 5.41) is 3.26. The Bertz CT molecular complexity index is 1860. The van der Waals surface area contributed by atoms with Crippen LogP contribution in [0.1, 0.15) is 45.2 Å². The number of carbonyl (C=O) groups is 1. The van der Waals surface area contributed by atoms with Crippen LogP contribution in [0.2, 0.25) is 0 Å². The molecule has 5 aromatic rings. The highest BCUT2D eigenvalue weighted by Gasteiger charge is 2.35. The maximum atomic E-state index is 15.4. The summed E-state index contributed by atoms with van der Waals surface area (Å²) in [6.07, 6.45) is -1.62. The summed E-state index contributed by atoms with van der Waals surface area (Å²) in [6.45, 7) is 0.382. The first-order valence-electron chi connectivity index (χ1n) is 13.2. The van der Waals surface area contributed by atoms with E-state index in [0.717, 1.165) is 11.6 Å². The van der Waals surface area contributed by atoms with Crippen LogP contribution in [0.4, 0.5) is 23.4 Å². The molecule has 43 heavy (non-hydrogen) atoms. The average molecular weight is 596 g/mol. The number of Topliss-reactive ketones (excluding diaryl/α,β-unsaturated/α-hetero) is 1. The molecule has 0 amide bonds. The van der Waals surface area contributed by atoms with Crippen molar-refractivity contribution in [3.05, 3.63) is 88.9 Å². The molecular formula is C30H25F4N5O4. The Morgan fingerprint density at radius 2 is 1.88 bits per heavy atom. The molecule has 0 bridgehead atoms. The van der Waals surface area contributed by atoms with Gasteiger partial charge in [-0.2, -0.15) is 13.2 Å². The number of anilines is 1. The highest BCUT2D eigenvalue weighted by molar-refractivity contribution is 6.00. The predicted octanol–water partition coefficient (Wildman–Crippen LogP) is 5.95. The van der Waals surface area contributed by atoms with Crippen LogP contribution in [0.15, 0.2) is 55.0 Å². The van der Waals surface area contributed by atoms with Crippen molar-refractivity contribution in [2.45, 2.75) is 31.7 Å². The molecule has 3 aromatic heterocycles. The van der Waals surface area contributed by atoms with Gasteiger partial charge in [0.15, 0.2) is 23.1 Å². The Kier molecular flexibility index (Phi) is 7.34. The summed E-state index contributed by atoms with van der Waals surface area (Å²) in [5.41, 5.74) is 1.67. The smallest absolute Gasteiger partial charge is 0.433 e. The minimum Gasteiger partial charge on any atom is -0.493 e. The Labute approximate surface area is 242 Å². The van der Waals surface area contributed by atoms with Gasteiger partial charge in [0, 0.05) is 24.9 Å². The third-order valence-electron chi connectivity index (χ3n) is 7.37. The lowest BCUT2D eigenvalue weighted by Crippen LogP contribution is -2.22. The third-order valence-corrected chi connectivity index (χ3v) is 7.37. The number of methoxy groups -OCH3 is 2. The first kappa shape index (κ1) is 28.3. The lowest BCUT2D eigenvalue weighted by molar-refractivity contribution is -0.141. The van der Waals surface area contributed by atoms with Gasteiger partial charge in [0.25, 0.3) is 0 Å². The topological polar surface area (TPSA) is 99.9 Å². The van der Waals surface area contributed by atoms with E-state index in [2.05, 4.69) is 20.3 Å². The van der Waals surface area contributed by atoms with Crippen LogP contribution in [0.25, 0.3) is 16.6 Å². The molecule has 1 atom stereocenters. The first-order valence-corrected chi connectivity index (χ1v) is 13.2. The Morgan fingerprint density at radius 1 is 1.07 bits per heavy atom. The molecule has 0 saturated heterocycles. The lowest BCUT2D eigenvalue weighted by atomic mass is 9.89. The maximum absolute atomic E-state index is 15.4. The van der Waals surface area contributed by atoms with Crippen LogP contribution in [0.3, 0.4) is 0 Å². The molecule has 6 rings (SSSR count). The molecule has 0 fully saturated rings. The van der Waals surface area contributed by atoms with Crippen LogP contribution in [-0.4, -0.2) is 46.0 Å². The van der Waals surface area contributed by atoms with Crippen molar-refractivity contribution >= 4 is 28.2 Å². The molecule has 1 aliphatic rings. The number of pyridine rings is 1. The van der Waals surface area contributed by atoms with E-state index in [4.69, 9.17) is 14.2 Å². The van der Waals surface area contributed by atoms with Gasteiger partial charge in [-0.1, -0.05) is 12.1 Å². The van der Waals surface area contributed by atoms with Gasteiger partial charge in [-0.15, -0.1) is 0 Å². The number of nitrogens with zero attached hydrogens (tertiary/aromatic N) is 4. The van der Waals surface area contributed by atoms with Crippen molar-refractivity contribution in [3.8, 4) is 11.5 Å². The van der Waals surface area contributed by atoms with Gasteiger partial charge in [-0.3, -0.25) is 9.20 Å². The van der Waals surface area contributed by atoms with Gasteiger partial charge < -0.3 is 19.5 Å². The van der Waals surface area contributed by atoms with Gasteiger partial charge >= 0.3 is 6.18 Å². The molecular weight excluding hydrogens is 570 g/mol. The molecule has 13 heteroatoms. The number of nitrogens with one attached hydrogen (secondary N) is 1. The number of benzene rings is 2. The summed E-state index contributed by atoms with van der Waals surface area (Å²) >= 11 is 0. The third kappa shape index (κ3) is 5.43. The number of halogens is 4. The molecule has 0 aliphatic carbocycles. The van der Waals surface area contributed by atoms with E-state index in [1.165, 1.54) is 18.2 Å². The van der Waals surface area contributed by atoms with E-state index in [0.29, 0.717) is 46.0 Å². The Morgan fingerprint density at radius 3 is 2.65 bits per heavy atom. The molecule has 0 saturated carbocycles. The van der Waals surface area contributed by atoms with Crippen molar-refractivity contribution in [1.29, 1.82) is 0 Å². The molecule has 1 N–H and O–H groups in total. The fraction of sp³-hybridized carbons (Fsp3) is 0.267. The van der Waals surface area contributed by atoms with Crippen LogP contribution < -0.4 is 14.8 Å². The number of ether oxygens (including phenoxy) is 3. The highest BCUT2D eigenvalue weighted by Crippen LogP contribution is 2.35. The SMILES string of the molecule is COc1ccc(CNc2nc3cc(F)c(C(=O)CC4COCc5nc(C(F)(F)F)ccc54)cc3n3cncc23)cc1OC. The van der Waals surface area contributed by atoms with E-state index < -0.39 is 29.4 Å². The van der Waals surface area contributed by atoms with Crippen LogP contribution in [0, 0.1) is 5.82 Å². The fourth-order valence-corrected chi connectivity index (χ4v) is 5.24. The van der Waals surface area contributed by atoms with Crippen molar-refractivity contribution in [1.82, 2.24) is 19.4 Å². The summed E-state index contributed by atoms with van der Waals surface area (Å²) in [4.78, 5) is 25.9. The second kappa shape index (κ2) is 11.1. The Balaban J connectivity index is 1.27. The maximum Gasteiger partial charge on any atom is 0.433 e.